The molecule has 0 radical (unpaired) electrons. The summed E-state index contributed by atoms with van der Waals surface area (Å²) < 4.78 is 10.9. The Balaban J connectivity index is 0.00000280. The first-order valence-corrected chi connectivity index (χ1v) is 9.04. The molecule has 0 aliphatic carbocycles. The average molecular weight is 421 g/mol. The van der Waals surface area contributed by atoms with Gasteiger partial charge in [-0.05, 0) is 48.4 Å². The van der Waals surface area contributed by atoms with Gasteiger partial charge in [0.1, 0.15) is 5.75 Å². The van der Waals surface area contributed by atoms with Crippen molar-refractivity contribution in [3.8, 4) is 34.5 Å². The largest absolute Gasteiger partial charge is 0.494 e. The second kappa shape index (κ2) is 10.2. The van der Waals surface area contributed by atoms with Crippen molar-refractivity contribution in [2.24, 2.45) is 5.73 Å². The lowest BCUT2D eigenvalue weighted by Crippen LogP contribution is -2.02. The zero-order valence-electron chi connectivity index (χ0n) is 15.7. The minimum Gasteiger partial charge on any atom is -0.494 e. The smallest absolute Gasteiger partial charge is 0.320 e. The van der Waals surface area contributed by atoms with E-state index >= 15 is 0 Å². The Bertz CT molecular complexity index is 921. The van der Waals surface area contributed by atoms with Gasteiger partial charge in [0, 0.05) is 17.7 Å². The predicted molar refractivity (Wildman–Crippen MR) is 113 cm³/mol. The zero-order valence-corrected chi connectivity index (χ0v) is 17.3. The van der Waals surface area contributed by atoms with Gasteiger partial charge in [0.25, 0.3) is 0 Å². The molecule has 8 heteroatoms. The van der Waals surface area contributed by atoms with Gasteiger partial charge in [-0.1, -0.05) is 24.6 Å². The molecule has 0 spiro atoms. The minimum absolute atomic E-state index is 0. The fourth-order valence-corrected chi connectivity index (χ4v) is 2.69. The van der Waals surface area contributed by atoms with Crippen molar-refractivity contribution >= 4 is 24.0 Å². The average Bonchev–Trinajstić information content (AvgIpc) is 2.72. The molecular weight excluding hydrogens is 399 g/mol. The molecule has 0 aliphatic rings. The van der Waals surface area contributed by atoms with Crippen molar-refractivity contribution < 1.29 is 9.47 Å². The number of rotatable bonds is 7. The molecule has 6 nitrogen and oxygen atoms in total. The highest BCUT2D eigenvalue weighted by atomic mass is 35.5. The summed E-state index contributed by atoms with van der Waals surface area (Å²) in [5, 5.41) is 0.537. The van der Waals surface area contributed by atoms with E-state index in [-0.39, 0.29) is 18.4 Å². The highest BCUT2D eigenvalue weighted by Crippen LogP contribution is 2.29. The Morgan fingerprint density at radius 1 is 1.00 bits per heavy atom. The van der Waals surface area contributed by atoms with Gasteiger partial charge in [-0.2, -0.15) is 9.97 Å². The molecule has 2 aromatic carbocycles. The third kappa shape index (κ3) is 5.10. The van der Waals surface area contributed by atoms with Crippen LogP contribution in [0.1, 0.15) is 18.9 Å². The van der Waals surface area contributed by atoms with Crippen LogP contribution in [0.2, 0.25) is 5.02 Å². The summed E-state index contributed by atoms with van der Waals surface area (Å²) in [6.45, 7) is 3.15. The van der Waals surface area contributed by atoms with E-state index in [1.165, 1.54) is 7.11 Å². The quantitative estimate of drug-likeness (QED) is 0.603. The number of halogens is 2. The van der Waals surface area contributed by atoms with Crippen molar-refractivity contribution in [2.75, 3.05) is 13.7 Å². The second-order valence-electron chi connectivity index (χ2n) is 5.86. The molecule has 0 saturated heterocycles. The molecule has 148 valence electrons. The van der Waals surface area contributed by atoms with Gasteiger partial charge in [-0.3, -0.25) is 0 Å². The van der Waals surface area contributed by atoms with Crippen LogP contribution in [-0.4, -0.2) is 28.7 Å². The Morgan fingerprint density at radius 3 is 2.36 bits per heavy atom. The van der Waals surface area contributed by atoms with Gasteiger partial charge in [0.15, 0.2) is 11.6 Å². The Labute approximate surface area is 175 Å². The van der Waals surface area contributed by atoms with Crippen LogP contribution in [0.5, 0.6) is 11.8 Å². The topological polar surface area (TPSA) is 83.2 Å². The highest BCUT2D eigenvalue weighted by Gasteiger charge is 2.14. The van der Waals surface area contributed by atoms with Crippen molar-refractivity contribution in [3.05, 3.63) is 53.1 Å². The normalized spacial score (nSPS) is 10.3. The molecule has 3 aromatic rings. The molecule has 3 rings (SSSR count). The first-order chi connectivity index (χ1) is 13.1. The van der Waals surface area contributed by atoms with Gasteiger partial charge < -0.3 is 15.2 Å². The van der Waals surface area contributed by atoms with Crippen LogP contribution in [0.3, 0.4) is 0 Å². The number of hydrogen-bond donors (Lipinski definition) is 1. The maximum Gasteiger partial charge on any atom is 0.320 e. The van der Waals surface area contributed by atoms with E-state index in [4.69, 9.17) is 26.8 Å². The van der Waals surface area contributed by atoms with Crippen molar-refractivity contribution in [2.45, 2.75) is 19.9 Å². The fourth-order valence-electron chi connectivity index (χ4n) is 2.49. The third-order valence-corrected chi connectivity index (χ3v) is 4.22. The van der Waals surface area contributed by atoms with Crippen molar-refractivity contribution in [1.29, 1.82) is 0 Å². The van der Waals surface area contributed by atoms with Crippen LogP contribution in [-0.2, 0) is 6.54 Å². The molecular formula is C20H22Cl2N4O2. The number of hydrogen-bond acceptors (Lipinski definition) is 6. The first kappa shape index (κ1) is 21.9. The summed E-state index contributed by atoms with van der Waals surface area (Å²) in [4.78, 5) is 13.3. The van der Waals surface area contributed by atoms with E-state index in [1.807, 2.05) is 36.4 Å². The van der Waals surface area contributed by atoms with Crippen LogP contribution in [0.4, 0.5) is 0 Å². The Kier molecular flexibility index (Phi) is 7.99. The van der Waals surface area contributed by atoms with E-state index in [0.29, 0.717) is 35.4 Å². The number of nitrogens with zero attached hydrogens (tertiary/aromatic N) is 3. The lowest BCUT2D eigenvalue weighted by Gasteiger charge is -2.10. The molecule has 28 heavy (non-hydrogen) atoms. The van der Waals surface area contributed by atoms with E-state index in [2.05, 4.69) is 21.9 Å². The molecule has 1 aromatic heterocycles. The molecule has 0 aliphatic heterocycles. The maximum absolute atomic E-state index is 6.35. The van der Waals surface area contributed by atoms with Crippen molar-refractivity contribution in [3.63, 3.8) is 0 Å². The number of methoxy groups -OCH3 is 1. The first-order valence-electron chi connectivity index (χ1n) is 8.66. The molecule has 1 heterocycles. The molecule has 0 fully saturated rings. The summed E-state index contributed by atoms with van der Waals surface area (Å²) in [5.74, 6) is 1.73. The fraction of sp³-hybridized carbons (Fsp3) is 0.250. The second-order valence-corrected chi connectivity index (χ2v) is 6.27. The SMILES string of the molecule is CCCOc1ccc(-c2nc(OC)nc(-c3cc(CN)ccc3Cl)n2)cc1.Cl. The molecule has 0 atom stereocenters. The number of ether oxygens (including phenoxy) is 2. The lowest BCUT2D eigenvalue weighted by atomic mass is 10.1. The summed E-state index contributed by atoms with van der Waals surface area (Å²) in [6.07, 6.45) is 0.957. The van der Waals surface area contributed by atoms with Crippen LogP contribution < -0.4 is 15.2 Å². The van der Waals surface area contributed by atoms with Crippen LogP contribution in [0.25, 0.3) is 22.8 Å². The Hall–Kier alpha value is -2.41. The third-order valence-electron chi connectivity index (χ3n) is 3.89. The summed E-state index contributed by atoms with van der Waals surface area (Å²) in [6, 6.07) is 13.3. The van der Waals surface area contributed by atoms with Crippen molar-refractivity contribution in [1.82, 2.24) is 15.0 Å². The van der Waals surface area contributed by atoms with Crippen LogP contribution >= 0.6 is 24.0 Å². The van der Waals surface area contributed by atoms with E-state index in [0.717, 1.165) is 23.3 Å². The number of aromatic nitrogens is 3. The molecule has 0 amide bonds. The summed E-state index contributed by atoms with van der Waals surface area (Å²) in [5.41, 5.74) is 8.19. The number of nitrogens with two attached hydrogens (primary N) is 1. The van der Waals surface area contributed by atoms with E-state index in [9.17, 15) is 0 Å². The van der Waals surface area contributed by atoms with Gasteiger partial charge in [-0.15, -0.1) is 12.4 Å². The molecule has 2 N–H and O–H groups in total. The molecule has 0 bridgehead atoms. The van der Waals surface area contributed by atoms with E-state index < -0.39 is 0 Å². The maximum atomic E-state index is 6.35. The minimum atomic E-state index is 0. The monoisotopic (exact) mass is 420 g/mol. The Morgan fingerprint density at radius 2 is 1.71 bits per heavy atom. The van der Waals surface area contributed by atoms with Gasteiger partial charge in [0.2, 0.25) is 0 Å². The predicted octanol–water partition coefficient (Wildman–Crippen LogP) is 4.54. The van der Waals surface area contributed by atoms with Crippen LogP contribution in [0.15, 0.2) is 42.5 Å². The standard InChI is InChI=1S/C20H21ClN4O2.ClH/c1-3-10-27-15-7-5-14(6-8-15)18-23-19(25-20(24-18)26-2)16-11-13(12-22)4-9-17(16)21;/h4-9,11H,3,10,12,22H2,1-2H3;1H. The van der Waals surface area contributed by atoms with Gasteiger partial charge in [-0.25, -0.2) is 4.98 Å². The van der Waals surface area contributed by atoms with Gasteiger partial charge in [0.05, 0.1) is 18.7 Å². The lowest BCUT2D eigenvalue weighted by molar-refractivity contribution is 0.317. The summed E-state index contributed by atoms with van der Waals surface area (Å²) >= 11 is 6.35. The molecule has 0 unspecified atom stereocenters. The number of benzene rings is 2. The van der Waals surface area contributed by atoms with E-state index in [1.54, 1.807) is 6.07 Å². The van der Waals surface area contributed by atoms with Crippen LogP contribution in [0, 0.1) is 0 Å². The van der Waals surface area contributed by atoms with Gasteiger partial charge >= 0.3 is 6.01 Å². The summed E-state index contributed by atoms with van der Waals surface area (Å²) in [7, 11) is 1.52. The zero-order chi connectivity index (χ0) is 19.2. The molecule has 0 saturated carbocycles. The highest BCUT2D eigenvalue weighted by molar-refractivity contribution is 6.33.